The molecule has 150 valence electrons. The normalized spacial score (nSPS) is 19.3. The lowest BCUT2D eigenvalue weighted by atomic mass is 9.91. The second-order valence-electron chi connectivity index (χ2n) is 7.84. The van der Waals surface area contributed by atoms with Crippen LogP contribution in [-0.2, 0) is 0 Å². The molecule has 3 heterocycles. The molecule has 0 atom stereocenters. The highest BCUT2D eigenvalue weighted by Crippen LogP contribution is 2.29. The van der Waals surface area contributed by atoms with Crippen molar-refractivity contribution < 1.29 is 0 Å². The van der Waals surface area contributed by atoms with Gasteiger partial charge in [-0.25, -0.2) is 14.6 Å². The molecule has 0 unspecified atom stereocenters. The Labute approximate surface area is 170 Å². The molecule has 0 spiro atoms. The first-order valence-corrected chi connectivity index (χ1v) is 10.2. The molecule has 1 saturated carbocycles. The first kappa shape index (κ1) is 19.2. The number of nitrogens with zero attached hydrogens (tertiary/aromatic N) is 5. The van der Waals surface area contributed by atoms with Gasteiger partial charge < -0.3 is 5.32 Å². The van der Waals surface area contributed by atoms with E-state index in [1.54, 1.807) is 29.2 Å². The third-order valence-corrected chi connectivity index (χ3v) is 5.39. The molecule has 1 aliphatic carbocycles. The number of nitrogens with one attached hydrogen (secondary N) is 1. The van der Waals surface area contributed by atoms with Crippen molar-refractivity contribution in [2.24, 2.45) is 0 Å². The average Bonchev–Trinajstić information content (AvgIpc) is 2.75. The molecule has 0 aromatic carbocycles. The Hall–Kier alpha value is -3.09. The van der Waals surface area contributed by atoms with E-state index in [-0.39, 0.29) is 11.6 Å². The van der Waals surface area contributed by atoms with Crippen LogP contribution in [0.5, 0.6) is 0 Å². The largest absolute Gasteiger partial charge is 0.367 e. The van der Waals surface area contributed by atoms with Gasteiger partial charge in [-0.05, 0) is 49.9 Å². The lowest BCUT2D eigenvalue weighted by Crippen LogP contribution is -2.33. The van der Waals surface area contributed by atoms with Crippen LogP contribution in [0.15, 0.2) is 53.7 Å². The van der Waals surface area contributed by atoms with Crippen molar-refractivity contribution in [3.05, 3.63) is 65.1 Å². The van der Waals surface area contributed by atoms with Gasteiger partial charge in [-0.2, -0.15) is 5.10 Å². The second kappa shape index (κ2) is 8.51. The van der Waals surface area contributed by atoms with E-state index in [4.69, 9.17) is 0 Å². The third-order valence-electron chi connectivity index (χ3n) is 5.39. The maximum Gasteiger partial charge on any atom is 0.267 e. The third kappa shape index (κ3) is 4.50. The van der Waals surface area contributed by atoms with E-state index < -0.39 is 0 Å². The van der Waals surface area contributed by atoms with E-state index in [2.05, 4.69) is 39.2 Å². The van der Waals surface area contributed by atoms with Gasteiger partial charge in [0.25, 0.3) is 5.56 Å². The Kier molecular flexibility index (Phi) is 5.64. The van der Waals surface area contributed by atoms with E-state index in [1.165, 1.54) is 0 Å². The van der Waals surface area contributed by atoms with Crippen molar-refractivity contribution >= 4 is 5.82 Å². The summed E-state index contributed by atoms with van der Waals surface area (Å²) in [6, 6.07) is 9.60. The minimum Gasteiger partial charge on any atom is -0.367 e. The molecule has 1 N–H and O–H groups in total. The summed E-state index contributed by atoms with van der Waals surface area (Å²) in [4.78, 5) is 25.4. The molecule has 0 aliphatic heterocycles. The highest BCUT2D eigenvalue weighted by Gasteiger charge is 2.24. The summed E-state index contributed by atoms with van der Waals surface area (Å²) in [6.45, 7) is 4.18. The van der Waals surface area contributed by atoms with Crippen molar-refractivity contribution in [2.75, 3.05) is 5.32 Å². The summed E-state index contributed by atoms with van der Waals surface area (Å²) >= 11 is 0. The number of pyridine rings is 1. The Morgan fingerprint density at radius 1 is 1.00 bits per heavy atom. The summed E-state index contributed by atoms with van der Waals surface area (Å²) in [5, 5.41) is 8.18. The van der Waals surface area contributed by atoms with Crippen LogP contribution >= 0.6 is 0 Å². The van der Waals surface area contributed by atoms with Gasteiger partial charge in [-0.15, -0.1) is 0 Å². The second-order valence-corrected chi connectivity index (χ2v) is 7.84. The van der Waals surface area contributed by atoms with Crippen molar-refractivity contribution in [2.45, 2.75) is 57.5 Å². The Balaban J connectivity index is 1.43. The topological polar surface area (TPSA) is 85.6 Å². The molecule has 29 heavy (non-hydrogen) atoms. The highest BCUT2D eigenvalue weighted by molar-refractivity contribution is 5.57. The molecular weight excluding hydrogens is 364 g/mol. The molecule has 0 bridgehead atoms. The zero-order valence-corrected chi connectivity index (χ0v) is 16.8. The fourth-order valence-corrected chi connectivity index (χ4v) is 3.77. The van der Waals surface area contributed by atoms with Gasteiger partial charge in [0.05, 0.1) is 11.7 Å². The van der Waals surface area contributed by atoms with Crippen molar-refractivity contribution in [3.63, 3.8) is 0 Å². The van der Waals surface area contributed by atoms with E-state index >= 15 is 0 Å². The number of rotatable bonds is 5. The van der Waals surface area contributed by atoms with Crippen LogP contribution in [-0.4, -0.2) is 30.8 Å². The Morgan fingerprint density at radius 2 is 1.76 bits per heavy atom. The van der Waals surface area contributed by atoms with Crippen LogP contribution in [0.4, 0.5) is 5.82 Å². The molecule has 7 nitrogen and oxygen atoms in total. The maximum absolute atomic E-state index is 12.4. The van der Waals surface area contributed by atoms with E-state index in [0.717, 1.165) is 48.6 Å². The molecule has 0 radical (unpaired) electrons. The fraction of sp³-hybridized carbons (Fsp3) is 0.409. The molecular formula is C22H26N6O. The van der Waals surface area contributed by atoms with Gasteiger partial charge in [-0.1, -0.05) is 13.8 Å². The SMILES string of the molecule is CC(C)c1nccc(NC2CCC(n3nc(-c4ccncc4)ccc3=O)CC2)n1. The van der Waals surface area contributed by atoms with E-state index in [9.17, 15) is 4.79 Å². The zero-order chi connectivity index (χ0) is 20.2. The maximum atomic E-state index is 12.4. The number of anilines is 1. The molecule has 7 heteroatoms. The van der Waals surface area contributed by atoms with Crippen molar-refractivity contribution in [1.29, 1.82) is 0 Å². The lowest BCUT2D eigenvalue weighted by Gasteiger charge is -2.30. The first-order valence-electron chi connectivity index (χ1n) is 10.2. The van der Waals surface area contributed by atoms with Gasteiger partial charge in [0.15, 0.2) is 0 Å². The minimum atomic E-state index is -0.0448. The van der Waals surface area contributed by atoms with E-state index in [0.29, 0.717) is 12.0 Å². The fourth-order valence-electron chi connectivity index (χ4n) is 3.77. The molecule has 1 aliphatic rings. The number of aromatic nitrogens is 5. The van der Waals surface area contributed by atoms with Crippen molar-refractivity contribution in [1.82, 2.24) is 24.7 Å². The van der Waals surface area contributed by atoms with Crippen LogP contribution in [0, 0.1) is 0 Å². The van der Waals surface area contributed by atoms with Crippen LogP contribution in [0.1, 0.15) is 57.3 Å². The summed E-state index contributed by atoms with van der Waals surface area (Å²) < 4.78 is 1.66. The predicted molar refractivity (Wildman–Crippen MR) is 113 cm³/mol. The Morgan fingerprint density at radius 3 is 2.48 bits per heavy atom. The molecule has 3 aromatic rings. The van der Waals surface area contributed by atoms with Crippen LogP contribution in [0.25, 0.3) is 11.3 Å². The number of hydrogen-bond donors (Lipinski definition) is 1. The van der Waals surface area contributed by atoms with E-state index in [1.807, 2.05) is 24.4 Å². The van der Waals surface area contributed by atoms with Crippen LogP contribution in [0.3, 0.4) is 0 Å². The smallest absolute Gasteiger partial charge is 0.267 e. The predicted octanol–water partition coefficient (Wildman–Crippen LogP) is 3.81. The quantitative estimate of drug-likeness (QED) is 0.713. The molecule has 3 aromatic heterocycles. The summed E-state index contributed by atoms with van der Waals surface area (Å²) in [6.07, 6.45) is 9.05. The average molecular weight is 390 g/mol. The summed E-state index contributed by atoms with van der Waals surface area (Å²) in [7, 11) is 0. The summed E-state index contributed by atoms with van der Waals surface area (Å²) in [5.41, 5.74) is 1.72. The number of hydrogen-bond acceptors (Lipinski definition) is 6. The molecule has 4 rings (SSSR count). The van der Waals surface area contributed by atoms with Gasteiger partial charge in [0, 0.05) is 42.2 Å². The van der Waals surface area contributed by atoms with Gasteiger partial charge in [-0.3, -0.25) is 9.78 Å². The monoisotopic (exact) mass is 390 g/mol. The molecule has 0 amide bonds. The van der Waals surface area contributed by atoms with Crippen LogP contribution in [0.2, 0.25) is 0 Å². The van der Waals surface area contributed by atoms with Gasteiger partial charge in [0.2, 0.25) is 0 Å². The van der Waals surface area contributed by atoms with Crippen LogP contribution < -0.4 is 10.9 Å². The minimum absolute atomic E-state index is 0.0448. The Bertz CT molecular complexity index is 1010. The first-order chi connectivity index (χ1) is 14.1. The zero-order valence-electron chi connectivity index (χ0n) is 16.8. The highest BCUT2D eigenvalue weighted by atomic mass is 16.1. The molecule has 0 saturated heterocycles. The summed E-state index contributed by atoms with van der Waals surface area (Å²) in [5.74, 6) is 2.03. The lowest BCUT2D eigenvalue weighted by molar-refractivity contribution is 0.304. The van der Waals surface area contributed by atoms with Crippen molar-refractivity contribution in [3.8, 4) is 11.3 Å². The standard InChI is InChI=1S/C22H26N6O/c1-15(2)22-24-14-11-20(26-22)25-17-3-5-18(6-4-17)28-21(29)8-7-19(27-28)16-9-12-23-13-10-16/h7-15,17-18H,3-6H2,1-2H3,(H,24,25,26). The van der Waals surface area contributed by atoms with Gasteiger partial charge >= 0.3 is 0 Å². The molecule has 1 fully saturated rings. The van der Waals surface area contributed by atoms with Gasteiger partial charge in [0.1, 0.15) is 11.6 Å².